The summed E-state index contributed by atoms with van der Waals surface area (Å²) >= 11 is 1.24. The molecule has 2 rings (SSSR count). The molecule has 1 aromatic heterocycles. The molecule has 0 saturated carbocycles. The van der Waals surface area contributed by atoms with E-state index in [1.54, 1.807) is 19.2 Å². The zero-order valence-corrected chi connectivity index (χ0v) is 16.1. The van der Waals surface area contributed by atoms with Crippen molar-refractivity contribution in [1.29, 1.82) is 0 Å². The van der Waals surface area contributed by atoms with Crippen molar-refractivity contribution >= 4 is 28.3 Å². The number of rotatable bonds is 8. The van der Waals surface area contributed by atoms with Crippen LogP contribution in [0.4, 0.5) is 18.3 Å². The van der Waals surface area contributed by atoms with Gasteiger partial charge in [0, 0.05) is 31.0 Å². The van der Waals surface area contributed by atoms with Crippen molar-refractivity contribution in [3.63, 3.8) is 0 Å². The van der Waals surface area contributed by atoms with Crippen molar-refractivity contribution in [3.05, 3.63) is 40.9 Å². The molecule has 10 heteroatoms. The van der Waals surface area contributed by atoms with E-state index in [1.165, 1.54) is 29.7 Å². The average Bonchev–Trinajstić information content (AvgIpc) is 3.10. The molecule has 0 radical (unpaired) electrons. The second-order valence-corrected chi connectivity index (χ2v) is 7.04. The lowest BCUT2D eigenvalue weighted by atomic mass is 10.1. The summed E-state index contributed by atoms with van der Waals surface area (Å²) in [6.07, 6.45) is -3.56. The highest BCUT2D eigenvalue weighted by atomic mass is 32.1. The van der Waals surface area contributed by atoms with Gasteiger partial charge in [0.25, 0.3) is 0 Å². The number of aromatic nitrogens is 1. The molecule has 0 bridgehead atoms. The van der Waals surface area contributed by atoms with Gasteiger partial charge in [0.1, 0.15) is 5.75 Å². The van der Waals surface area contributed by atoms with Gasteiger partial charge in [-0.25, -0.2) is 4.98 Å². The van der Waals surface area contributed by atoms with Crippen molar-refractivity contribution in [2.24, 2.45) is 0 Å². The number of nitrogens with one attached hydrogen (secondary N) is 2. The summed E-state index contributed by atoms with van der Waals surface area (Å²) in [4.78, 5) is 27.5. The molecule has 2 amide bonds. The molecule has 0 aliphatic rings. The first kappa shape index (κ1) is 21.7. The van der Waals surface area contributed by atoms with Crippen LogP contribution in [-0.2, 0) is 22.3 Å². The number of hydrogen-bond donors (Lipinski definition) is 2. The molecule has 0 saturated heterocycles. The summed E-state index contributed by atoms with van der Waals surface area (Å²) in [6.45, 7) is 3.13. The van der Waals surface area contributed by atoms with E-state index in [2.05, 4.69) is 15.6 Å². The van der Waals surface area contributed by atoms with Crippen LogP contribution < -0.4 is 15.4 Å². The second-order valence-electron chi connectivity index (χ2n) is 6.15. The number of anilines is 1. The molecule has 0 spiro atoms. The minimum absolute atomic E-state index is 0.0795. The Morgan fingerprint density at radius 1 is 1.21 bits per heavy atom. The molecular formula is C18H20F3N3O3S. The fourth-order valence-electron chi connectivity index (χ4n) is 2.30. The first-order chi connectivity index (χ1) is 13.1. The number of carbonyl (C=O) groups excluding carboxylic acids is 2. The van der Waals surface area contributed by atoms with E-state index in [1.807, 2.05) is 0 Å². The van der Waals surface area contributed by atoms with Gasteiger partial charge >= 0.3 is 6.18 Å². The molecule has 1 aromatic carbocycles. The third-order valence-corrected chi connectivity index (χ3v) is 4.18. The largest absolute Gasteiger partial charge is 0.491 e. The van der Waals surface area contributed by atoms with Gasteiger partial charge < -0.3 is 15.4 Å². The maximum absolute atomic E-state index is 13.3. The third kappa shape index (κ3) is 6.84. The standard InChI is InChI=1S/C18H20F3N3O3S/c1-11(2)27-13-4-3-12(14(9-13)18(19,20)21)10-23-15(25)5-6-16(26)24-17-22-7-8-28-17/h3-4,7-9,11H,5-6,10H2,1-2H3,(H,23,25)(H,22,24,26). The van der Waals surface area contributed by atoms with Crippen molar-refractivity contribution in [2.45, 2.75) is 45.5 Å². The fourth-order valence-corrected chi connectivity index (χ4v) is 2.84. The Balaban J connectivity index is 1.91. The van der Waals surface area contributed by atoms with E-state index in [-0.39, 0.29) is 36.8 Å². The Labute approximate surface area is 164 Å². The maximum atomic E-state index is 13.3. The number of hydrogen-bond acceptors (Lipinski definition) is 5. The van der Waals surface area contributed by atoms with Crippen LogP contribution in [0.5, 0.6) is 5.75 Å². The molecular weight excluding hydrogens is 395 g/mol. The van der Waals surface area contributed by atoms with Gasteiger partial charge in [0.2, 0.25) is 11.8 Å². The molecule has 2 N–H and O–H groups in total. The van der Waals surface area contributed by atoms with Crippen molar-refractivity contribution in [2.75, 3.05) is 5.32 Å². The molecule has 152 valence electrons. The Hall–Kier alpha value is -2.62. The Morgan fingerprint density at radius 3 is 2.54 bits per heavy atom. The predicted molar refractivity (Wildman–Crippen MR) is 99.0 cm³/mol. The first-order valence-corrected chi connectivity index (χ1v) is 9.36. The molecule has 0 fully saturated rings. The molecule has 1 heterocycles. The summed E-state index contributed by atoms with van der Waals surface area (Å²) < 4.78 is 45.2. The topological polar surface area (TPSA) is 80.3 Å². The number of halogens is 3. The van der Waals surface area contributed by atoms with Crippen molar-refractivity contribution < 1.29 is 27.5 Å². The molecule has 0 atom stereocenters. The minimum atomic E-state index is -4.58. The highest BCUT2D eigenvalue weighted by Gasteiger charge is 2.34. The normalized spacial score (nSPS) is 11.4. The van der Waals surface area contributed by atoms with Gasteiger partial charge in [-0.05, 0) is 31.5 Å². The van der Waals surface area contributed by atoms with Crippen LogP contribution in [0.3, 0.4) is 0 Å². The third-order valence-electron chi connectivity index (χ3n) is 3.49. The van der Waals surface area contributed by atoms with E-state index in [4.69, 9.17) is 4.74 Å². The number of carbonyl (C=O) groups is 2. The van der Waals surface area contributed by atoms with E-state index in [0.717, 1.165) is 6.07 Å². The van der Waals surface area contributed by atoms with Crippen LogP contribution in [0.1, 0.15) is 37.8 Å². The van der Waals surface area contributed by atoms with E-state index >= 15 is 0 Å². The van der Waals surface area contributed by atoms with Gasteiger partial charge in [0.05, 0.1) is 11.7 Å². The van der Waals surface area contributed by atoms with Crippen LogP contribution in [0.25, 0.3) is 0 Å². The number of thiazole rings is 1. The minimum Gasteiger partial charge on any atom is -0.491 e. The second kappa shape index (κ2) is 9.54. The maximum Gasteiger partial charge on any atom is 0.416 e. The highest BCUT2D eigenvalue weighted by Crippen LogP contribution is 2.34. The average molecular weight is 415 g/mol. The summed E-state index contributed by atoms with van der Waals surface area (Å²) in [5.74, 6) is -0.808. The van der Waals surface area contributed by atoms with Gasteiger partial charge in [-0.1, -0.05) is 6.07 Å². The monoisotopic (exact) mass is 415 g/mol. The molecule has 0 aliphatic heterocycles. The van der Waals surface area contributed by atoms with E-state index in [0.29, 0.717) is 5.13 Å². The molecule has 28 heavy (non-hydrogen) atoms. The summed E-state index contributed by atoms with van der Waals surface area (Å²) in [7, 11) is 0. The lowest BCUT2D eigenvalue weighted by Crippen LogP contribution is -2.25. The van der Waals surface area contributed by atoms with E-state index < -0.39 is 23.6 Å². The molecule has 0 unspecified atom stereocenters. The zero-order valence-electron chi connectivity index (χ0n) is 15.3. The number of nitrogens with zero attached hydrogens (tertiary/aromatic N) is 1. The fraction of sp³-hybridized carbons (Fsp3) is 0.389. The van der Waals surface area contributed by atoms with Gasteiger partial charge in [-0.2, -0.15) is 13.2 Å². The Morgan fingerprint density at radius 2 is 1.93 bits per heavy atom. The molecule has 6 nitrogen and oxygen atoms in total. The predicted octanol–water partition coefficient (Wildman–Crippen LogP) is 3.98. The van der Waals surface area contributed by atoms with Crippen molar-refractivity contribution in [3.8, 4) is 5.75 Å². The lowest BCUT2D eigenvalue weighted by Gasteiger charge is -2.17. The Kier molecular flexibility index (Phi) is 7.38. The van der Waals surface area contributed by atoms with Crippen molar-refractivity contribution in [1.82, 2.24) is 10.3 Å². The zero-order chi connectivity index (χ0) is 20.7. The van der Waals surface area contributed by atoms with Gasteiger partial charge in [-0.3, -0.25) is 9.59 Å². The Bertz CT molecular complexity index is 808. The smallest absolute Gasteiger partial charge is 0.416 e. The van der Waals surface area contributed by atoms with Crippen LogP contribution >= 0.6 is 11.3 Å². The van der Waals surface area contributed by atoms with Gasteiger partial charge in [-0.15, -0.1) is 11.3 Å². The van der Waals surface area contributed by atoms with Crippen LogP contribution in [-0.4, -0.2) is 22.9 Å². The SMILES string of the molecule is CC(C)Oc1ccc(CNC(=O)CCC(=O)Nc2nccs2)c(C(F)(F)F)c1. The summed E-state index contributed by atoms with van der Waals surface area (Å²) in [5, 5.41) is 7.05. The highest BCUT2D eigenvalue weighted by molar-refractivity contribution is 7.13. The number of alkyl halides is 3. The van der Waals surface area contributed by atoms with Crippen LogP contribution in [0.2, 0.25) is 0 Å². The molecule has 2 aromatic rings. The van der Waals surface area contributed by atoms with Gasteiger partial charge in [0.15, 0.2) is 5.13 Å². The number of ether oxygens (including phenoxy) is 1. The number of amides is 2. The lowest BCUT2D eigenvalue weighted by molar-refractivity contribution is -0.138. The summed E-state index contributed by atoms with van der Waals surface area (Å²) in [6, 6.07) is 3.62. The van der Waals surface area contributed by atoms with E-state index in [9.17, 15) is 22.8 Å². The molecule has 0 aliphatic carbocycles. The number of benzene rings is 1. The quantitative estimate of drug-likeness (QED) is 0.683. The summed E-state index contributed by atoms with van der Waals surface area (Å²) in [5.41, 5.74) is -0.948. The first-order valence-electron chi connectivity index (χ1n) is 8.48. The van der Waals surface area contributed by atoms with Crippen LogP contribution in [0.15, 0.2) is 29.8 Å². The van der Waals surface area contributed by atoms with Crippen LogP contribution in [0, 0.1) is 0 Å².